The predicted molar refractivity (Wildman–Crippen MR) is 125 cm³/mol. The van der Waals surface area contributed by atoms with Crippen molar-refractivity contribution in [1.82, 2.24) is 14.3 Å². The van der Waals surface area contributed by atoms with E-state index < -0.39 is 18.2 Å². The summed E-state index contributed by atoms with van der Waals surface area (Å²) in [7, 11) is 4.09. The van der Waals surface area contributed by atoms with Crippen LogP contribution in [0, 0.1) is 19.7 Å². The highest BCUT2D eigenvalue weighted by Gasteiger charge is 2.25. The number of hydrogen-bond acceptors (Lipinski definition) is 7. The van der Waals surface area contributed by atoms with Gasteiger partial charge in [0.2, 0.25) is 0 Å². The second kappa shape index (κ2) is 10.6. The Balaban J connectivity index is 2.01. The van der Waals surface area contributed by atoms with Gasteiger partial charge in [0.25, 0.3) is 0 Å². The third-order valence-electron chi connectivity index (χ3n) is 5.49. The molecule has 182 valence electrons. The van der Waals surface area contributed by atoms with Gasteiger partial charge < -0.3 is 24.3 Å². The van der Waals surface area contributed by atoms with Crippen LogP contribution in [0.4, 0.5) is 14.9 Å². The van der Waals surface area contributed by atoms with Crippen LogP contribution in [0.3, 0.4) is 0 Å². The Bertz CT molecular complexity index is 1180. The quantitative estimate of drug-likeness (QED) is 0.376. The van der Waals surface area contributed by atoms with Gasteiger partial charge in [-0.3, -0.25) is 9.69 Å². The lowest BCUT2D eigenvalue weighted by Gasteiger charge is -2.24. The van der Waals surface area contributed by atoms with Gasteiger partial charge in [-0.25, -0.2) is 14.2 Å². The van der Waals surface area contributed by atoms with Crippen LogP contribution in [0.5, 0.6) is 0 Å². The van der Waals surface area contributed by atoms with Gasteiger partial charge in [0.05, 0.1) is 38.0 Å². The van der Waals surface area contributed by atoms with E-state index in [9.17, 15) is 14.0 Å². The zero-order valence-corrected chi connectivity index (χ0v) is 19.9. The van der Waals surface area contributed by atoms with Crippen molar-refractivity contribution in [3.05, 3.63) is 53.1 Å². The molecule has 0 aliphatic rings. The first-order chi connectivity index (χ1) is 16.2. The number of amides is 1. The van der Waals surface area contributed by atoms with Crippen LogP contribution in [0.15, 0.2) is 30.5 Å². The molecule has 10 heteroatoms. The molecule has 0 aliphatic heterocycles. The SMILES string of the molecule is COC(=O)N(CC(=O)Cc1c(-c2c(C)cc(N)cc2F)nc2cc(C)ccn12)CC(OC)OC. The molecular formula is C24H29FN4O5. The van der Waals surface area contributed by atoms with E-state index in [1.165, 1.54) is 32.3 Å². The number of ketones is 1. The van der Waals surface area contributed by atoms with Gasteiger partial charge in [0.1, 0.15) is 11.5 Å². The third-order valence-corrected chi connectivity index (χ3v) is 5.49. The zero-order valence-electron chi connectivity index (χ0n) is 19.9. The lowest BCUT2D eigenvalue weighted by molar-refractivity contribution is -0.125. The van der Waals surface area contributed by atoms with Crippen LogP contribution in [0.25, 0.3) is 16.9 Å². The standard InChI is InChI=1S/C24H29FN4O5/c1-14-6-7-29-19(11-17(30)12-28(24(31)34-5)13-21(32-3)33-4)23(27-20(29)8-14)22-15(2)9-16(26)10-18(22)25/h6-10,21H,11-13,26H2,1-5H3. The average molecular weight is 473 g/mol. The molecule has 0 atom stereocenters. The van der Waals surface area contributed by atoms with E-state index in [1.54, 1.807) is 23.6 Å². The number of Topliss-reactive ketones (excluding diaryl/α,β-unsaturated/α-hetero) is 1. The number of hydrogen-bond donors (Lipinski definition) is 1. The fourth-order valence-electron chi connectivity index (χ4n) is 3.85. The van der Waals surface area contributed by atoms with Crippen molar-refractivity contribution in [2.75, 3.05) is 40.2 Å². The number of carbonyl (C=O) groups is 2. The van der Waals surface area contributed by atoms with Gasteiger partial charge in [0, 0.05) is 31.7 Å². The number of nitrogens with zero attached hydrogens (tertiary/aromatic N) is 3. The first-order valence-corrected chi connectivity index (χ1v) is 10.6. The van der Waals surface area contributed by atoms with E-state index in [4.69, 9.17) is 19.9 Å². The maximum absolute atomic E-state index is 15.0. The fraction of sp³-hybridized carbons (Fsp3) is 0.375. The molecule has 0 spiro atoms. The van der Waals surface area contributed by atoms with E-state index in [0.717, 1.165) is 5.56 Å². The fourth-order valence-corrected chi connectivity index (χ4v) is 3.85. The average Bonchev–Trinajstić information content (AvgIpc) is 3.11. The molecule has 2 N–H and O–H groups in total. The van der Waals surface area contributed by atoms with Crippen molar-refractivity contribution < 1.29 is 28.2 Å². The maximum Gasteiger partial charge on any atom is 0.410 e. The number of aromatic nitrogens is 2. The molecule has 1 aromatic carbocycles. The molecule has 1 amide bonds. The largest absolute Gasteiger partial charge is 0.453 e. The van der Waals surface area contributed by atoms with Crippen LogP contribution >= 0.6 is 0 Å². The molecule has 3 rings (SSSR count). The summed E-state index contributed by atoms with van der Waals surface area (Å²) < 4.78 is 31.8. The number of aryl methyl sites for hydroxylation is 2. The number of imidazole rings is 1. The van der Waals surface area contributed by atoms with Crippen LogP contribution < -0.4 is 5.73 Å². The molecule has 2 heterocycles. The number of benzene rings is 1. The Labute approximate surface area is 197 Å². The topological polar surface area (TPSA) is 108 Å². The molecule has 3 aromatic rings. The molecule has 0 saturated carbocycles. The molecule has 0 unspecified atom stereocenters. The maximum atomic E-state index is 15.0. The van der Waals surface area contributed by atoms with Crippen molar-refractivity contribution in [2.45, 2.75) is 26.6 Å². The zero-order chi connectivity index (χ0) is 25.0. The van der Waals surface area contributed by atoms with Gasteiger partial charge in [-0.15, -0.1) is 0 Å². The Morgan fingerprint density at radius 3 is 2.50 bits per heavy atom. The summed E-state index contributed by atoms with van der Waals surface area (Å²) in [5, 5.41) is 0. The van der Waals surface area contributed by atoms with Crippen molar-refractivity contribution in [3.8, 4) is 11.3 Å². The molecule has 34 heavy (non-hydrogen) atoms. The normalized spacial score (nSPS) is 11.3. The van der Waals surface area contributed by atoms with E-state index in [2.05, 4.69) is 4.98 Å². The monoisotopic (exact) mass is 472 g/mol. The number of nitrogen functional groups attached to an aromatic ring is 1. The lowest BCUT2D eigenvalue weighted by Crippen LogP contribution is -2.42. The highest BCUT2D eigenvalue weighted by atomic mass is 19.1. The molecule has 9 nitrogen and oxygen atoms in total. The predicted octanol–water partition coefficient (Wildman–Crippen LogP) is 3.14. The van der Waals surface area contributed by atoms with E-state index in [1.807, 2.05) is 19.1 Å². The van der Waals surface area contributed by atoms with E-state index in [0.29, 0.717) is 28.3 Å². The second-order valence-electron chi connectivity index (χ2n) is 8.00. The summed E-state index contributed by atoms with van der Waals surface area (Å²) in [6.07, 6.45) is 0.272. The van der Waals surface area contributed by atoms with Gasteiger partial charge in [-0.1, -0.05) is 0 Å². The number of methoxy groups -OCH3 is 3. The molecule has 2 aromatic heterocycles. The Morgan fingerprint density at radius 2 is 1.88 bits per heavy atom. The molecular weight excluding hydrogens is 443 g/mol. The van der Waals surface area contributed by atoms with Gasteiger partial charge >= 0.3 is 6.09 Å². The summed E-state index contributed by atoms with van der Waals surface area (Å²) in [4.78, 5) is 31.2. The van der Waals surface area contributed by atoms with E-state index >= 15 is 0 Å². The summed E-state index contributed by atoms with van der Waals surface area (Å²) >= 11 is 0. The van der Waals surface area contributed by atoms with Gasteiger partial charge in [-0.05, 0) is 49.2 Å². The highest BCUT2D eigenvalue weighted by Crippen LogP contribution is 2.32. The number of fused-ring (bicyclic) bond motifs is 1. The summed E-state index contributed by atoms with van der Waals surface area (Å²) in [6.45, 7) is 3.41. The molecule has 0 fully saturated rings. The Kier molecular flexibility index (Phi) is 7.85. The second-order valence-corrected chi connectivity index (χ2v) is 8.00. The van der Waals surface area contributed by atoms with Crippen molar-refractivity contribution in [2.24, 2.45) is 0 Å². The Hall–Kier alpha value is -3.50. The van der Waals surface area contributed by atoms with Crippen molar-refractivity contribution in [1.29, 1.82) is 0 Å². The summed E-state index contributed by atoms with van der Waals surface area (Å²) in [6, 6.07) is 6.62. The number of anilines is 1. The van der Waals surface area contributed by atoms with Crippen LogP contribution in [0.1, 0.15) is 16.8 Å². The minimum Gasteiger partial charge on any atom is -0.453 e. The van der Waals surface area contributed by atoms with Crippen molar-refractivity contribution >= 4 is 23.2 Å². The first kappa shape index (κ1) is 25.1. The molecule has 0 aliphatic carbocycles. The molecule has 0 saturated heterocycles. The Morgan fingerprint density at radius 1 is 1.18 bits per heavy atom. The molecule has 0 radical (unpaired) electrons. The first-order valence-electron chi connectivity index (χ1n) is 10.6. The van der Waals surface area contributed by atoms with Gasteiger partial charge in [-0.2, -0.15) is 0 Å². The number of pyridine rings is 1. The number of nitrogens with two attached hydrogens (primary N) is 1. The minimum atomic E-state index is -0.729. The third kappa shape index (κ3) is 5.35. The van der Waals surface area contributed by atoms with Gasteiger partial charge in [0.15, 0.2) is 12.1 Å². The summed E-state index contributed by atoms with van der Waals surface area (Å²) in [5.74, 6) is -0.820. The van der Waals surface area contributed by atoms with Crippen LogP contribution in [-0.2, 0) is 25.4 Å². The number of ether oxygens (including phenoxy) is 3. The van der Waals surface area contributed by atoms with Crippen LogP contribution in [0.2, 0.25) is 0 Å². The lowest BCUT2D eigenvalue weighted by atomic mass is 10.0. The molecule has 0 bridgehead atoms. The van der Waals surface area contributed by atoms with Crippen molar-refractivity contribution in [3.63, 3.8) is 0 Å². The number of halogens is 1. The van der Waals surface area contributed by atoms with Crippen LogP contribution in [-0.4, -0.2) is 66.9 Å². The minimum absolute atomic E-state index is 0.00365. The summed E-state index contributed by atoms with van der Waals surface area (Å²) in [5.41, 5.74) is 9.38. The highest BCUT2D eigenvalue weighted by molar-refractivity contribution is 5.87. The number of rotatable bonds is 9. The number of carbonyl (C=O) groups excluding carboxylic acids is 2. The van der Waals surface area contributed by atoms with E-state index in [-0.39, 0.29) is 30.9 Å². The smallest absolute Gasteiger partial charge is 0.410 e.